The lowest BCUT2D eigenvalue weighted by Crippen LogP contribution is -1.97. The van der Waals surface area contributed by atoms with Gasteiger partial charge in [-0.2, -0.15) is 5.26 Å². The highest BCUT2D eigenvalue weighted by Crippen LogP contribution is 2.24. The van der Waals surface area contributed by atoms with Crippen LogP contribution in [-0.4, -0.2) is 15.2 Å². The Morgan fingerprint density at radius 2 is 2.06 bits per heavy atom. The van der Waals surface area contributed by atoms with Crippen molar-refractivity contribution >= 4 is 0 Å². The zero-order valence-electron chi connectivity index (χ0n) is 9.90. The van der Waals surface area contributed by atoms with Crippen LogP contribution in [0, 0.1) is 32.1 Å². The van der Waals surface area contributed by atoms with E-state index in [0.717, 1.165) is 17.0 Å². The van der Waals surface area contributed by atoms with E-state index in [4.69, 9.17) is 10.00 Å². The summed E-state index contributed by atoms with van der Waals surface area (Å²) in [5.74, 6) is 0.716. The quantitative estimate of drug-likeness (QED) is 0.856. The standard InChI is InChI=1S/C12H12N4O/c1-7-4-8(2)14-12(10(7)6-13)17-11-5-9(3)15-16-11/h4-5H,1-3H3,(H,15,16). The lowest BCUT2D eigenvalue weighted by molar-refractivity contribution is 0.440. The summed E-state index contributed by atoms with van der Waals surface area (Å²) in [5, 5.41) is 15.8. The fourth-order valence-electron chi connectivity index (χ4n) is 1.56. The fraction of sp³-hybridized carbons (Fsp3) is 0.250. The summed E-state index contributed by atoms with van der Waals surface area (Å²) in [7, 11) is 0. The minimum Gasteiger partial charge on any atom is -0.418 e. The van der Waals surface area contributed by atoms with E-state index in [1.165, 1.54) is 0 Å². The smallest absolute Gasteiger partial charge is 0.240 e. The van der Waals surface area contributed by atoms with Crippen LogP contribution in [0.1, 0.15) is 22.5 Å². The molecule has 0 unspecified atom stereocenters. The monoisotopic (exact) mass is 228 g/mol. The molecule has 5 heteroatoms. The molecule has 0 aliphatic rings. The number of pyridine rings is 1. The second-order valence-electron chi connectivity index (χ2n) is 3.86. The van der Waals surface area contributed by atoms with Crippen molar-refractivity contribution in [1.29, 1.82) is 5.26 Å². The number of aromatic amines is 1. The van der Waals surface area contributed by atoms with Crippen molar-refractivity contribution in [3.8, 4) is 17.8 Å². The summed E-state index contributed by atoms with van der Waals surface area (Å²) in [6, 6.07) is 5.69. The SMILES string of the molecule is Cc1cc(C)c(C#N)c(Oc2cc(C)[nH]n2)n1. The normalized spacial score (nSPS) is 10.0. The van der Waals surface area contributed by atoms with Crippen LogP contribution in [0.2, 0.25) is 0 Å². The summed E-state index contributed by atoms with van der Waals surface area (Å²) < 4.78 is 5.51. The number of rotatable bonds is 2. The summed E-state index contributed by atoms with van der Waals surface area (Å²) in [6.07, 6.45) is 0. The van der Waals surface area contributed by atoms with E-state index < -0.39 is 0 Å². The molecule has 2 heterocycles. The van der Waals surface area contributed by atoms with Gasteiger partial charge in [-0.05, 0) is 32.4 Å². The minimum absolute atomic E-state index is 0.302. The maximum absolute atomic E-state index is 9.08. The molecule has 0 aliphatic carbocycles. The third kappa shape index (κ3) is 2.26. The third-order valence-corrected chi connectivity index (χ3v) is 2.31. The van der Waals surface area contributed by atoms with Gasteiger partial charge in [-0.15, -0.1) is 5.10 Å². The molecule has 0 radical (unpaired) electrons. The lowest BCUT2D eigenvalue weighted by Gasteiger charge is -2.06. The molecule has 0 aromatic carbocycles. The fourth-order valence-corrected chi connectivity index (χ4v) is 1.56. The minimum atomic E-state index is 0.302. The van der Waals surface area contributed by atoms with Crippen molar-refractivity contribution in [3.05, 3.63) is 34.6 Å². The summed E-state index contributed by atoms with van der Waals surface area (Å²) in [4.78, 5) is 4.21. The van der Waals surface area contributed by atoms with Crippen molar-refractivity contribution in [3.63, 3.8) is 0 Å². The number of ether oxygens (including phenoxy) is 1. The van der Waals surface area contributed by atoms with Crippen LogP contribution in [0.15, 0.2) is 12.1 Å². The van der Waals surface area contributed by atoms with Crippen LogP contribution in [-0.2, 0) is 0 Å². The van der Waals surface area contributed by atoms with E-state index in [1.807, 2.05) is 26.8 Å². The average molecular weight is 228 g/mol. The van der Waals surface area contributed by atoms with Gasteiger partial charge in [0.05, 0.1) is 0 Å². The molecule has 0 atom stereocenters. The number of nitrogens with one attached hydrogen (secondary N) is 1. The molecule has 17 heavy (non-hydrogen) atoms. The van der Waals surface area contributed by atoms with E-state index in [-0.39, 0.29) is 0 Å². The highest BCUT2D eigenvalue weighted by Gasteiger charge is 2.11. The van der Waals surface area contributed by atoms with Crippen LogP contribution >= 0.6 is 0 Å². The molecule has 5 nitrogen and oxygen atoms in total. The average Bonchev–Trinajstić information content (AvgIpc) is 2.63. The van der Waals surface area contributed by atoms with Gasteiger partial charge in [0, 0.05) is 17.5 Å². The maximum Gasteiger partial charge on any atom is 0.240 e. The molecule has 2 rings (SSSR count). The highest BCUT2D eigenvalue weighted by atomic mass is 16.5. The number of nitriles is 1. The molecule has 1 N–H and O–H groups in total. The van der Waals surface area contributed by atoms with E-state index >= 15 is 0 Å². The van der Waals surface area contributed by atoms with E-state index in [9.17, 15) is 0 Å². The molecule has 0 aliphatic heterocycles. The Morgan fingerprint density at radius 1 is 1.29 bits per heavy atom. The number of aromatic nitrogens is 3. The van der Waals surface area contributed by atoms with Gasteiger partial charge >= 0.3 is 0 Å². The number of nitrogens with zero attached hydrogens (tertiary/aromatic N) is 3. The number of H-pyrrole nitrogens is 1. The molecule has 86 valence electrons. The Kier molecular flexibility index (Phi) is 2.79. The molecular weight excluding hydrogens is 216 g/mol. The van der Waals surface area contributed by atoms with Crippen LogP contribution in [0.4, 0.5) is 0 Å². The Balaban J connectivity index is 2.42. The molecule has 0 amide bonds. The predicted octanol–water partition coefficient (Wildman–Crippen LogP) is 2.39. The zero-order valence-corrected chi connectivity index (χ0v) is 9.90. The molecular formula is C12H12N4O. The Morgan fingerprint density at radius 3 is 2.65 bits per heavy atom. The van der Waals surface area contributed by atoms with Gasteiger partial charge in [0.25, 0.3) is 0 Å². The van der Waals surface area contributed by atoms with Crippen molar-refractivity contribution < 1.29 is 4.74 Å². The zero-order chi connectivity index (χ0) is 12.4. The van der Waals surface area contributed by atoms with Gasteiger partial charge < -0.3 is 4.74 Å². The topological polar surface area (TPSA) is 74.6 Å². The Labute approximate surface area is 99.1 Å². The van der Waals surface area contributed by atoms with Crippen molar-refractivity contribution in [1.82, 2.24) is 15.2 Å². The summed E-state index contributed by atoms with van der Waals surface area (Å²) >= 11 is 0. The van der Waals surface area contributed by atoms with Gasteiger partial charge in [-0.3, -0.25) is 5.10 Å². The van der Waals surface area contributed by atoms with Crippen LogP contribution in [0.25, 0.3) is 0 Å². The van der Waals surface area contributed by atoms with Gasteiger partial charge in [0.15, 0.2) is 0 Å². The molecule has 2 aromatic heterocycles. The van der Waals surface area contributed by atoms with Gasteiger partial charge in [-0.25, -0.2) is 4.98 Å². The van der Waals surface area contributed by atoms with Crippen LogP contribution < -0.4 is 4.74 Å². The third-order valence-electron chi connectivity index (χ3n) is 2.31. The number of aryl methyl sites for hydroxylation is 3. The first kappa shape index (κ1) is 11.1. The molecule has 0 saturated carbocycles. The Bertz CT molecular complexity index is 595. The highest BCUT2D eigenvalue weighted by molar-refractivity contribution is 5.46. The summed E-state index contributed by atoms with van der Waals surface area (Å²) in [6.45, 7) is 5.59. The first-order chi connectivity index (χ1) is 8.10. The molecule has 2 aromatic rings. The largest absolute Gasteiger partial charge is 0.418 e. The van der Waals surface area contributed by atoms with E-state index in [2.05, 4.69) is 21.3 Å². The molecule has 0 bridgehead atoms. The van der Waals surface area contributed by atoms with E-state index in [1.54, 1.807) is 6.07 Å². The van der Waals surface area contributed by atoms with Crippen LogP contribution in [0.5, 0.6) is 11.8 Å². The maximum atomic E-state index is 9.08. The lowest BCUT2D eigenvalue weighted by atomic mass is 10.1. The molecule has 0 fully saturated rings. The van der Waals surface area contributed by atoms with Gasteiger partial charge in [0.2, 0.25) is 11.8 Å². The van der Waals surface area contributed by atoms with E-state index in [0.29, 0.717) is 17.3 Å². The number of hydrogen-bond donors (Lipinski definition) is 1. The Hall–Kier alpha value is -2.35. The van der Waals surface area contributed by atoms with Crippen molar-refractivity contribution in [2.24, 2.45) is 0 Å². The first-order valence-electron chi connectivity index (χ1n) is 5.18. The van der Waals surface area contributed by atoms with Crippen LogP contribution in [0.3, 0.4) is 0 Å². The van der Waals surface area contributed by atoms with Gasteiger partial charge in [0.1, 0.15) is 11.6 Å². The predicted molar refractivity (Wildman–Crippen MR) is 61.8 cm³/mol. The molecule has 0 spiro atoms. The second kappa shape index (κ2) is 4.26. The molecule has 0 saturated heterocycles. The second-order valence-corrected chi connectivity index (χ2v) is 3.86. The van der Waals surface area contributed by atoms with Crippen molar-refractivity contribution in [2.45, 2.75) is 20.8 Å². The summed E-state index contributed by atoms with van der Waals surface area (Å²) in [5.41, 5.74) is 2.99. The van der Waals surface area contributed by atoms with Gasteiger partial charge in [-0.1, -0.05) is 0 Å². The first-order valence-corrected chi connectivity index (χ1v) is 5.18. The number of hydrogen-bond acceptors (Lipinski definition) is 4. The van der Waals surface area contributed by atoms with Crippen molar-refractivity contribution in [2.75, 3.05) is 0 Å².